The van der Waals surface area contributed by atoms with Gasteiger partial charge in [-0.2, -0.15) is 0 Å². The molecule has 2 aliphatic heterocycles. The van der Waals surface area contributed by atoms with Gasteiger partial charge in [0.1, 0.15) is 0 Å². The molecule has 0 radical (unpaired) electrons. The zero-order valence-corrected chi connectivity index (χ0v) is 16.9. The molecule has 5 nitrogen and oxygen atoms in total. The van der Waals surface area contributed by atoms with Gasteiger partial charge in [-0.05, 0) is 48.5 Å². The summed E-state index contributed by atoms with van der Waals surface area (Å²) in [6.45, 7) is 4.84. The Balaban J connectivity index is 1.50. The van der Waals surface area contributed by atoms with Gasteiger partial charge in [-0.1, -0.05) is 28.1 Å². The van der Waals surface area contributed by atoms with Crippen molar-refractivity contribution >= 4 is 38.8 Å². The molecule has 1 fully saturated rings. The molecule has 0 aliphatic carbocycles. The van der Waals surface area contributed by atoms with Crippen molar-refractivity contribution in [3.8, 4) is 0 Å². The minimum Gasteiger partial charge on any atom is -0.369 e. The summed E-state index contributed by atoms with van der Waals surface area (Å²) in [4.78, 5) is 17.1. The summed E-state index contributed by atoms with van der Waals surface area (Å²) >= 11 is 3.57. The van der Waals surface area contributed by atoms with Crippen molar-refractivity contribution in [1.82, 2.24) is 10.2 Å². The smallest absolute Gasteiger partial charge is 0.253 e. The first-order chi connectivity index (χ1) is 13.1. The summed E-state index contributed by atoms with van der Waals surface area (Å²) in [5, 5.41) is 6.21. The Bertz CT molecular complexity index is 870. The Morgan fingerprint density at radius 2 is 1.81 bits per heavy atom. The average molecular weight is 427 g/mol. The normalized spacial score (nSPS) is 19.0. The summed E-state index contributed by atoms with van der Waals surface area (Å²) in [5.74, 6) is -0.0536. The third-order valence-corrected chi connectivity index (χ3v) is 5.94. The number of piperazine rings is 1. The molecular formula is C21H23BrN4O. The average Bonchev–Trinajstić information content (AvgIpc) is 2.68. The van der Waals surface area contributed by atoms with Crippen LogP contribution in [0.2, 0.25) is 0 Å². The van der Waals surface area contributed by atoms with Gasteiger partial charge in [0.25, 0.3) is 5.91 Å². The molecule has 0 atom stereocenters. The maximum Gasteiger partial charge on any atom is 0.253 e. The van der Waals surface area contributed by atoms with Gasteiger partial charge in [-0.25, -0.2) is 0 Å². The highest BCUT2D eigenvalue weighted by Gasteiger charge is 2.22. The van der Waals surface area contributed by atoms with E-state index in [1.807, 2.05) is 18.2 Å². The van der Waals surface area contributed by atoms with E-state index >= 15 is 0 Å². The quantitative estimate of drug-likeness (QED) is 0.739. The highest BCUT2D eigenvalue weighted by Crippen LogP contribution is 2.30. The topological polar surface area (TPSA) is 47.6 Å². The fraction of sp³-hybridized carbons (Fsp3) is 0.286. The molecule has 2 aromatic rings. The van der Waals surface area contributed by atoms with Crippen molar-refractivity contribution in [3.05, 3.63) is 64.3 Å². The number of fused-ring (bicyclic) bond motifs is 1. The first-order valence-corrected chi connectivity index (χ1v) is 9.97. The second-order valence-corrected chi connectivity index (χ2v) is 7.84. The number of benzene rings is 2. The Hall–Kier alpha value is -2.31. The second kappa shape index (κ2) is 7.74. The first-order valence-electron chi connectivity index (χ1n) is 9.18. The van der Waals surface area contributed by atoms with Crippen LogP contribution in [0.5, 0.6) is 0 Å². The lowest BCUT2D eigenvalue weighted by Gasteiger charge is -2.34. The molecule has 2 N–H and O–H groups in total. The van der Waals surface area contributed by atoms with Crippen molar-refractivity contribution in [2.45, 2.75) is 6.54 Å². The summed E-state index contributed by atoms with van der Waals surface area (Å²) in [6.07, 6.45) is 1.80. The number of halogens is 1. The number of hydrogen-bond acceptors (Lipinski definition) is 4. The lowest BCUT2D eigenvalue weighted by atomic mass is 9.96. The number of carbonyl (C=O) groups is 1. The minimum atomic E-state index is -0.0536. The van der Waals surface area contributed by atoms with Crippen LogP contribution in [0.25, 0.3) is 5.57 Å². The number of nitrogens with one attached hydrogen (secondary N) is 2. The Labute approximate surface area is 168 Å². The molecule has 27 heavy (non-hydrogen) atoms. The van der Waals surface area contributed by atoms with Gasteiger partial charge in [-0.3, -0.25) is 4.79 Å². The largest absolute Gasteiger partial charge is 0.369 e. The number of anilines is 2. The summed E-state index contributed by atoms with van der Waals surface area (Å²) in [5.41, 5.74) is 4.94. The molecule has 0 bridgehead atoms. The molecular weight excluding hydrogens is 404 g/mol. The van der Waals surface area contributed by atoms with Crippen molar-refractivity contribution in [1.29, 1.82) is 0 Å². The third kappa shape index (κ3) is 3.87. The van der Waals surface area contributed by atoms with Crippen molar-refractivity contribution in [3.63, 3.8) is 0 Å². The lowest BCUT2D eigenvalue weighted by Crippen LogP contribution is -2.44. The van der Waals surface area contributed by atoms with E-state index in [0.29, 0.717) is 12.1 Å². The van der Waals surface area contributed by atoms with Crippen LogP contribution in [0.15, 0.2) is 53.1 Å². The van der Waals surface area contributed by atoms with Crippen molar-refractivity contribution in [2.24, 2.45) is 0 Å². The third-order valence-electron chi connectivity index (χ3n) is 5.20. The van der Waals surface area contributed by atoms with Gasteiger partial charge in [-0.15, -0.1) is 0 Å². The van der Waals surface area contributed by atoms with Crippen molar-refractivity contribution in [2.75, 3.05) is 43.4 Å². The SMILES string of the molecule is CN1CCN(c2ccc(NC=C3C(=O)NCc4c(Br)cccc43)cc2)CC1. The molecule has 0 spiro atoms. The molecule has 2 heterocycles. The molecule has 1 amide bonds. The zero-order chi connectivity index (χ0) is 18.8. The van der Waals surface area contributed by atoms with E-state index in [-0.39, 0.29) is 5.91 Å². The fourth-order valence-electron chi connectivity index (χ4n) is 3.51. The van der Waals surface area contributed by atoms with E-state index in [1.54, 1.807) is 6.20 Å². The molecule has 0 aromatic heterocycles. The van der Waals surface area contributed by atoms with Crippen LogP contribution in [0, 0.1) is 0 Å². The van der Waals surface area contributed by atoms with E-state index < -0.39 is 0 Å². The van der Waals surface area contributed by atoms with Crippen LogP contribution in [0.3, 0.4) is 0 Å². The second-order valence-electron chi connectivity index (χ2n) is 6.99. The van der Waals surface area contributed by atoms with Crippen LogP contribution in [0.4, 0.5) is 11.4 Å². The van der Waals surface area contributed by atoms with Gasteiger partial charge in [0, 0.05) is 54.8 Å². The molecule has 6 heteroatoms. The van der Waals surface area contributed by atoms with Crippen molar-refractivity contribution < 1.29 is 4.79 Å². The van der Waals surface area contributed by atoms with Gasteiger partial charge < -0.3 is 20.4 Å². The van der Waals surface area contributed by atoms with E-state index in [9.17, 15) is 4.79 Å². The lowest BCUT2D eigenvalue weighted by molar-refractivity contribution is -0.116. The standard InChI is InChI=1S/C21H23BrN4O/c1-25-9-11-26(12-10-25)16-7-5-15(6-8-16)23-14-19-17-3-2-4-20(22)18(17)13-24-21(19)27/h2-8,14,23H,9-13H2,1H3,(H,24,27). The Morgan fingerprint density at radius 3 is 2.56 bits per heavy atom. The van der Waals surface area contributed by atoms with Crippen LogP contribution in [0.1, 0.15) is 11.1 Å². The summed E-state index contributed by atoms with van der Waals surface area (Å²) in [6, 6.07) is 14.3. The summed E-state index contributed by atoms with van der Waals surface area (Å²) in [7, 11) is 2.16. The van der Waals surface area contributed by atoms with E-state index in [0.717, 1.165) is 47.5 Å². The monoisotopic (exact) mass is 426 g/mol. The van der Waals surface area contributed by atoms with E-state index in [1.165, 1.54) is 5.69 Å². The number of rotatable bonds is 3. The minimum absolute atomic E-state index is 0.0536. The summed E-state index contributed by atoms with van der Waals surface area (Å²) < 4.78 is 1.02. The molecule has 0 saturated carbocycles. The highest BCUT2D eigenvalue weighted by atomic mass is 79.9. The number of likely N-dealkylation sites (N-methyl/N-ethyl adjacent to an activating group) is 1. The Morgan fingerprint density at radius 1 is 1.07 bits per heavy atom. The number of nitrogens with zero attached hydrogens (tertiary/aromatic N) is 2. The maximum absolute atomic E-state index is 12.3. The van der Waals surface area contributed by atoms with Gasteiger partial charge in [0.05, 0.1) is 5.57 Å². The van der Waals surface area contributed by atoms with Gasteiger partial charge in [0.2, 0.25) is 0 Å². The highest BCUT2D eigenvalue weighted by molar-refractivity contribution is 9.10. The predicted octanol–water partition coefficient (Wildman–Crippen LogP) is 3.28. The van der Waals surface area contributed by atoms with Crippen LogP contribution in [-0.2, 0) is 11.3 Å². The predicted molar refractivity (Wildman–Crippen MR) is 114 cm³/mol. The Kier molecular flexibility index (Phi) is 5.18. The molecule has 2 aromatic carbocycles. The van der Waals surface area contributed by atoms with Crippen LogP contribution in [-0.4, -0.2) is 44.0 Å². The van der Waals surface area contributed by atoms with Gasteiger partial charge in [0.15, 0.2) is 0 Å². The zero-order valence-electron chi connectivity index (χ0n) is 15.3. The number of hydrogen-bond donors (Lipinski definition) is 2. The number of carbonyl (C=O) groups excluding carboxylic acids is 1. The number of amides is 1. The van der Waals surface area contributed by atoms with Crippen LogP contribution >= 0.6 is 15.9 Å². The molecule has 4 rings (SSSR count). The van der Waals surface area contributed by atoms with Gasteiger partial charge >= 0.3 is 0 Å². The first kappa shape index (κ1) is 18.1. The fourth-order valence-corrected chi connectivity index (χ4v) is 4.02. The van der Waals surface area contributed by atoms with Crippen LogP contribution < -0.4 is 15.5 Å². The molecule has 140 valence electrons. The molecule has 0 unspecified atom stereocenters. The molecule has 2 aliphatic rings. The maximum atomic E-state index is 12.3. The molecule has 1 saturated heterocycles. The van der Waals surface area contributed by atoms with E-state index in [4.69, 9.17) is 0 Å². The van der Waals surface area contributed by atoms with E-state index in [2.05, 4.69) is 67.7 Å².